The van der Waals surface area contributed by atoms with Crippen molar-refractivity contribution in [3.63, 3.8) is 0 Å². The summed E-state index contributed by atoms with van der Waals surface area (Å²) in [5, 5.41) is 3.29. The van der Waals surface area contributed by atoms with E-state index in [1.807, 2.05) is 7.05 Å². The van der Waals surface area contributed by atoms with Crippen LogP contribution in [0.2, 0.25) is 0 Å². The maximum atomic E-state index is 12.5. The Hall–Kier alpha value is -0.900. The fraction of sp³-hybridized carbons (Fsp3) is 0.867. The lowest BCUT2D eigenvalue weighted by Crippen LogP contribution is -2.45. The predicted molar refractivity (Wildman–Crippen MR) is 72.3 cm³/mol. The van der Waals surface area contributed by atoms with Crippen molar-refractivity contribution >= 4 is 11.8 Å². The molecule has 2 amide bonds. The molecule has 3 rings (SSSR count). The van der Waals surface area contributed by atoms with E-state index in [1.165, 1.54) is 0 Å². The number of nitrogens with one attached hydrogen (secondary N) is 1. The maximum Gasteiger partial charge on any atom is 0.233 e. The van der Waals surface area contributed by atoms with Crippen LogP contribution in [0.15, 0.2) is 0 Å². The molecule has 19 heavy (non-hydrogen) atoms. The molecule has 1 saturated heterocycles. The zero-order valence-electron chi connectivity index (χ0n) is 11.9. The van der Waals surface area contributed by atoms with Gasteiger partial charge < -0.3 is 5.32 Å². The van der Waals surface area contributed by atoms with Gasteiger partial charge in [0.25, 0.3) is 0 Å². The van der Waals surface area contributed by atoms with Crippen molar-refractivity contribution in [2.75, 3.05) is 7.05 Å². The second kappa shape index (κ2) is 4.89. The molecular formula is C15H24N2O2. The first-order chi connectivity index (χ1) is 9.11. The van der Waals surface area contributed by atoms with Gasteiger partial charge in [0.05, 0.1) is 11.8 Å². The van der Waals surface area contributed by atoms with Gasteiger partial charge in [-0.2, -0.15) is 0 Å². The van der Waals surface area contributed by atoms with E-state index in [2.05, 4.69) is 12.2 Å². The smallest absolute Gasteiger partial charge is 0.233 e. The summed E-state index contributed by atoms with van der Waals surface area (Å²) in [6.07, 6.45) is 5.92. The van der Waals surface area contributed by atoms with E-state index >= 15 is 0 Å². The molecule has 4 heteroatoms. The number of rotatable bonds is 2. The Bertz CT molecular complexity index is 364. The molecule has 0 aromatic heterocycles. The zero-order valence-corrected chi connectivity index (χ0v) is 11.9. The summed E-state index contributed by atoms with van der Waals surface area (Å²) in [6.45, 7) is 2.15. The molecule has 1 heterocycles. The highest BCUT2D eigenvalue weighted by Crippen LogP contribution is 2.44. The molecule has 3 aliphatic rings. The van der Waals surface area contributed by atoms with Crippen LogP contribution in [0, 0.1) is 17.8 Å². The van der Waals surface area contributed by atoms with Gasteiger partial charge in [0.1, 0.15) is 0 Å². The average molecular weight is 264 g/mol. The fourth-order valence-electron chi connectivity index (χ4n) is 4.29. The minimum atomic E-state index is 0.00419. The average Bonchev–Trinajstić information content (AvgIpc) is 2.90. The second-order valence-corrected chi connectivity index (χ2v) is 6.63. The van der Waals surface area contributed by atoms with Crippen LogP contribution in [-0.2, 0) is 9.59 Å². The van der Waals surface area contributed by atoms with Gasteiger partial charge in [0.2, 0.25) is 11.8 Å². The van der Waals surface area contributed by atoms with Crippen LogP contribution >= 0.6 is 0 Å². The Morgan fingerprint density at radius 1 is 1.00 bits per heavy atom. The van der Waals surface area contributed by atoms with E-state index in [0.717, 1.165) is 38.5 Å². The van der Waals surface area contributed by atoms with Crippen LogP contribution in [0.1, 0.15) is 45.4 Å². The van der Waals surface area contributed by atoms with Gasteiger partial charge in [-0.05, 0) is 51.5 Å². The van der Waals surface area contributed by atoms with E-state index in [0.29, 0.717) is 12.0 Å². The van der Waals surface area contributed by atoms with Gasteiger partial charge in [0, 0.05) is 12.1 Å². The Morgan fingerprint density at radius 3 is 2.00 bits per heavy atom. The van der Waals surface area contributed by atoms with Gasteiger partial charge in [-0.25, -0.2) is 0 Å². The highest BCUT2D eigenvalue weighted by atomic mass is 16.2. The number of carbonyl (C=O) groups excluding carboxylic acids is 2. The molecule has 0 radical (unpaired) electrons. The van der Waals surface area contributed by atoms with Crippen LogP contribution in [0.25, 0.3) is 0 Å². The van der Waals surface area contributed by atoms with Crippen molar-refractivity contribution in [1.29, 1.82) is 0 Å². The Kier molecular flexibility index (Phi) is 3.37. The van der Waals surface area contributed by atoms with E-state index in [1.54, 1.807) is 4.90 Å². The minimum absolute atomic E-state index is 0.00419. The number of nitrogens with zero attached hydrogens (tertiary/aromatic N) is 1. The van der Waals surface area contributed by atoms with Crippen LogP contribution in [0.4, 0.5) is 0 Å². The van der Waals surface area contributed by atoms with Gasteiger partial charge in [-0.15, -0.1) is 0 Å². The SMILES string of the molecule is CNC1CCC(N2C(=O)C3CC(C)CC3C2=O)CC1. The number of hydrogen-bond acceptors (Lipinski definition) is 3. The normalized spacial score (nSPS) is 42.8. The molecule has 1 N–H and O–H groups in total. The Morgan fingerprint density at radius 2 is 1.53 bits per heavy atom. The van der Waals surface area contributed by atoms with Crippen LogP contribution in [0.3, 0.4) is 0 Å². The number of imide groups is 1. The lowest BCUT2D eigenvalue weighted by molar-refractivity contribution is -0.144. The van der Waals surface area contributed by atoms with E-state index in [4.69, 9.17) is 0 Å². The first-order valence-corrected chi connectivity index (χ1v) is 7.66. The molecule has 1 aliphatic heterocycles. The first-order valence-electron chi connectivity index (χ1n) is 7.66. The summed E-state index contributed by atoms with van der Waals surface area (Å²) < 4.78 is 0. The lowest BCUT2D eigenvalue weighted by Gasteiger charge is -2.34. The largest absolute Gasteiger partial charge is 0.317 e. The number of likely N-dealkylation sites (tertiary alicyclic amines) is 1. The van der Waals surface area contributed by atoms with Crippen molar-refractivity contribution in [3.05, 3.63) is 0 Å². The summed E-state index contributed by atoms with van der Waals surface area (Å²) in [6, 6.07) is 0.731. The highest BCUT2D eigenvalue weighted by Gasteiger charge is 2.53. The highest BCUT2D eigenvalue weighted by molar-refractivity contribution is 6.05. The monoisotopic (exact) mass is 264 g/mol. The number of amides is 2. The van der Waals surface area contributed by atoms with E-state index < -0.39 is 0 Å². The zero-order chi connectivity index (χ0) is 13.6. The summed E-state index contributed by atoms with van der Waals surface area (Å²) in [7, 11) is 1.99. The van der Waals surface area contributed by atoms with Crippen molar-refractivity contribution < 1.29 is 9.59 Å². The fourth-order valence-corrected chi connectivity index (χ4v) is 4.29. The molecule has 2 unspecified atom stereocenters. The molecule has 0 aromatic rings. The minimum Gasteiger partial charge on any atom is -0.317 e. The maximum absolute atomic E-state index is 12.5. The second-order valence-electron chi connectivity index (χ2n) is 6.63. The molecule has 0 aromatic carbocycles. The topological polar surface area (TPSA) is 49.4 Å². The van der Waals surface area contributed by atoms with Crippen LogP contribution in [0.5, 0.6) is 0 Å². The van der Waals surface area contributed by atoms with Gasteiger partial charge in [0.15, 0.2) is 0 Å². The standard InChI is InChI=1S/C15H24N2O2/c1-9-7-12-13(8-9)15(19)17(14(12)18)11-5-3-10(16-2)4-6-11/h9-13,16H,3-8H2,1-2H3. The number of carbonyl (C=O) groups is 2. The lowest BCUT2D eigenvalue weighted by atomic mass is 9.90. The summed E-state index contributed by atoms with van der Waals surface area (Å²) in [5.74, 6) is 0.804. The molecular weight excluding hydrogens is 240 g/mol. The molecule has 4 nitrogen and oxygen atoms in total. The molecule has 2 aliphatic carbocycles. The Labute approximate surface area is 114 Å². The van der Waals surface area contributed by atoms with Crippen molar-refractivity contribution in [1.82, 2.24) is 10.2 Å². The predicted octanol–water partition coefficient (Wildman–Crippen LogP) is 1.55. The van der Waals surface area contributed by atoms with Crippen LogP contribution in [-0.4, -0.2) is 35.8 Å². The summed E-state index contributed by atoms with van der Waals surface area (Å²) >= 11 is 0. The van der Waals surface area contributed by atoms with Gasteiger partial charge in [-0.3, -0.25) is 14.5 Å². The third-order valence-electron chi connectivity index (χ3n) is 5.38. The Balaban J connectivity index is 1.70. The first kappa shape index (κ1) is 13.1. The van der Waals surface area contributed by atoms with Crippen LogP contribution < -0.4 is 5.32 Å². The van der Waals surface area contributed by atoms with E-state index in [-0.39, 0.29) is 29.7 Å². The summed E-state index contributed by atoms with van der Waals surface area (Å²) in [4.78, 5) is 26.6. The molecule has 106 valence electrons. The molecule has 0 bridgehead atoms. The quantitative estimate of drug-likeness (QED) is 0.770. The third kappa shape index (κ3) is 2.10. The number of fused-ring (bicyclic) bond motifs is 1. The van der Waals surface area contributed by atoms with Gasteiger partial charge >= 0.3 is 0 Å². The van der Waals surface area contributed by atoms with E-state index in [9.17, 15) is 9.59 Å². The summed E-state index contributed by atoms with van der Waals surface area (Å²) in [5.41, 5.74) is 0. The van der Waals surface area contributed by atoms with Crippen molar-refractivity contribution in [2.24, 2.45) is 17.8 Å². The molecule has 2 atom stereocenters. The number of hydrogen-bond donors (Lipinski definition) is 1. The molecule has 2 saturated carbocycles. The van der Waals surface area contributed by atoms with Crippen molar-refractivity contribution in [2.45, 2.75) is 57.5 Å². The van der Waals surface area contributed by atoms with Crippen molar-refractivity contribution in [3.8, 4) is 0 Å². The molecule has 3 fully saturated rings. The third-order valence-corrected chi connectivity index (χ3v) is 5.38. The molecule has 0 spiro atoms. The van der Waals surface area contributed by atoms with Gasteiger partial charge in [-0.1, -0.05) is 6.92 Å².